The molecule has 17 heavy (non-hydrogen) atoms. The minimum atomic E-state index is -0.360. The summed E-state index contributed by atoms with van der Waals surface area (Å²) in [6.07, 6.45) is 0. The lowest BCUT2D eigenvalue weighted by Gasteiger charge is -2.19. The van der Waals surface area contributed by atoms with Gasteiger partial charge >= 0.3 is 5.69 Å². The van der Waals surface area contributed by atoms with Gasteiger partial charge in [-0.3, -0.25) is 10.1 Å². The zero-order valence-corrected chi connectivity index (χ0v) is 10.7. The van der Waals surface area contributed by atoms with E-state index in [1.54, 1.807) is 25.2 Å². The van der Waals surface area contributed by atoms with Crippen LogP contribution in [0, 0.1) is 16.0 Å². The van der Waals surface area contributed by atoms with Gasteiger partial charge in [-0.15, -0.1) is 0 Å². The third-order valence-electron chi connectivity index (χ3n) is 2.87. The fourth-order valence-electron chi connectivity index (χ4n) is 1.47. The Hall–Kier alpha value is -1.78. The van der Waals surface area contributed by atoms with Crippen LogP contribution in [0.4, 0.5) is 17.1 Å². The molecule has 5 nitrogen and oxygen atoms in total. The predicted molar refractivity (Wildman–Crippen MR) is 70.6 cm³/mol. The van der Waals surface area contributed by atoms with E-state index in [9.17, 15) is 10.1 Å². The maximum absolute atomic E-state index is 11.1. The summed E-state index contributed by atoms with van der Waals surface area (Å²) in [5.74, 6) is 0.410. The van der Waals surface area contributed by atoms with Crippen molar-refractivity contribution in [2.24, 2.45) is 5.92 Å². The van der Waals surface area contributed by atoms with Crippen molar-refractivity contribution in [1.82, 2.24) is 0 Å². The second-order valence-electron chi connectivity index (χ2n) is 4.39. The summed E-state index contributed by atoms with van der Waals surface area (Å²) in [7, 11) is 1.68. The zero-order valence-electron chi connectivity index (χ0n) is 10.7. The van der Waals surface area contributed by atoms with Crippen LogP contribution in [0.3, 0.4) is 0 Å². The molecular weight excluding hydrogens is 218 g/mol. The van der Waals surface area contributed by atoms with Crippen molar-refractivity contribution in [2.75, 3.05) is 17.7 Å². The molecule has 1 atom stereocenters. The number of hydrogen-bond acceptors (Lipinski definition) is 4. The Kier molecular flexibility index (Phi) is 4.31. The molecule has 0 heterocycles. The molecule has 0 saturated carbocycles. The summed E-state index contributed by atoms with van der Waals surface area (Å²) in [5.41, 5.74) is 1.18. The van der Waals surface area contributed by atoms with Crippen LogP contribution >= 0.6 is 0 Å². The quantitative estimate of drug-likeness (QED) is 0.610. The van der Waals surface area contributed by atoms with E-state index in [0.717, 1.165) is 0 Å². The van der Waals surface area contributed by atoms with Crippen molar-refractivity contribution in [2.45, 2.75) is 26.8 Å². The van der Waals surface area contributed by atoms with E-state index in [4.69, 9.17) is 0 Å². The fraction of sp³-hybridized carbons (Fsp3) is 0.500. The van der Waals surface area contributed by atoms with Gasteiger partial charge in [-0.05, 0) is 25.0 Å². The third-order valence-corrected chi connectivity index (χ3v) is 2.87. The lowest BCUT2D eigenvalue weighted by atomic mass is 10.1. The van der Waals surface area contributed by atoms with Crippen LogP contribution in [0.25, 0.3) is 0 Å². The first-order chi connectivity index (χ1) is 7.97. The van der Waals surface area contributed by atoms with Gasteiger partial charge in [-0.1, -0.05) is 19.9 Å². The normalized spacial score (nSPS) is 12.3. The molecule has 94 valence electrons. The molecule has 0 aliphatic rings. The second kappa shape index (κ2) is 5.52. The summed E-state index contributed by atoms with van der Waals surface area (Å²) in [6, 6.07) is 5.41. The summed E-state index contributed by atoms with van der Waals surface area (Å²) < 4.78 is 0. The molecule has 0 amide bonds. The molecule has 0 spiro atoms. The molecule has 0 bridgehead atoms. The molecule has 1 unspecified atom stereocenters. The Bertz CT molecular complexity index is 405. The third kappa shape index (κ3) is 3.09. The van der Waals surface area contributed by atoms with Gasteiger partial charge in [0.15, 0.2) is 0 Å². The van der Waals surface area contributed by atoms with Gasteiger partial charge in [0, 0.05) is 13.1 Å². The lowest BCUT2D eigenvalue weighted by molar-refractivity contribution is -0.383. The first-order valence-electron chi connectivity index (χ1n) is 5.69. The van der Waals surface area contributed by atoms with Gasteiger partial charge in [0.1, 0.15) is 11.4 Å². The van der Waals surface area contributed by atoms with Crippen LogP contribution in [-0.2, 0) is 0 Å². The zero-order chi connectivity index (χ0) is 13.0. The minimum Gasteiger partial charge on any atom is -0.382 e. The van der Waals surface area contributed by atoms with E-state index >= 15 is 0 Å². The van der Waals surface area contributed by atoms with Crippen LogP contribution in [0.15, 0.2) is 18.2 Å². The van der Waals surface area contributed by atoms with Gasteiger partial charge < -0.3 is 10.6 Å². The number of hydrogen-bond donors (Lipinski definition) is 2. The Morgan fingerprint density at radius 2 is 1.82 bits per heavy atom. The van der Waals surface area contributed by atoms with Gasteiger partial charge in [0.2, 0.25) is 0 Å². The van der Waals surface area contributed by atoms with Crippen molar-refractivity contribution in [3.8, 4) is 0 Å². The van der Waals surface area contributed by atoms with Crippen molar-refractivity contribution in [3.05, 3.63) is 28.3 Å². The number of nitrogens with one attached hydrogen (secondary N) is 2. The Labute approximate surface area is 101 Å². The highest BCUT2D eigenvalue weighted by molar-refractivity contribution is 5.76. The number of anilines is 2. The minimum absolute atomic E-state index is 0.0995. The molecule has 0 radical (unpaired) electrons. The average molecular weight is 237 g/mol. The maximum atomic E-state index is 11.1. The summed E-state index contributed by atoms with van der Waals surface area (Å²) in [4.78, 5) is 10.7. The molecular formula is C12H19N3O2. The first kappa shape index (κ1) is 13.3. The molecule has 1 aromatic rings. The van der Waals surface area contributed by atoms with Gasteiger partial charge in [0.05, 0.1) is 4.92 Å². The number of nitro benzene ring substituents is 1. The summed E-state index contributed by atoms with van der Waals surface area (Å²) in [6.45, 7) is 6.16. The van der Waals surface area contributed by atoms with Crippen LogP contribution in [-0.4, -0.2) is 18.0 Å². The van der Waals surface area contributed by atoms with Crippen molar-refractivity contribution in [1.29, 1.82) is 0 Å². The SMILES string of the molecule is CNc1cccc(NC(C)C(C)C)c1[N+](=O)[O-]. The Balaban J connectivity index is 3.10. The highest BCUT2D eigenvalue weighted by Crippen LogP contribution is 2.33. The number of nitrogens with zero attached hydrogens (tertiary/aromatic N) is 1. The number of rotatable bonds is 5. The van der Waals surface area contributed by atoms with E-state index < -0.39 is 0 Å². The average Bonchev–Trinajstić information content (AvgIpc) is 2.27. The van der Waals surface area contributed by atoms with E-state index in [-0.39, 0.29) is 16.7 Å². The number of benzene rings is 1. The van der Waals surface area contributed by atoms with Crippen LogP contribution in [0.5, 0.6) is 0 Å². The summed E-state index contributed by atoms with van der Waals surface area (Å²) in [5, 5.41) is 17.1. The van der Waals surface area contributed by atoms with Crippen LogP contribution in [0.1, 0.15) is 20.8 Å². The standard InChI is InChI=1S/C12H19N3O2/c1-8(2)9(3)14-11-7-5-6-10(13-4)12(11)15(16)17/h5-9,13-14H,1-4H3. The second-order valence-corrected chi connectivity index (χ2v) is 4.39. The molecule has 1 aromatic carbocycles. The van der Waals surface area contributed by atoms with Crippen molar-refractivity contribution in [3.63, 3.8) is 0 Å². The van der Waals surface area contributed by atoms with Gasteiger partial charge in [0.25, 0.3) is 0 Å². The Morgan fingerprint density at radius 1 is 1.24 bits per heavy atom. The monoisotopic (exact) mass is 237 g/mol. The first-order valence-corrected chi connectivity index (χ1v) is 5.69. The van der Waals surface area contributed by atoms with Crippen LogP contribution in [0.2, 0.25) is 0 Å². The smallest absolute Gasteiger partial charge is 0.315 e. The Morgan fingerprint density at radius 3 is 2.29 bits per heavy atom. The maximum Gasteiger partial charge on any atom is 0.315 e. The van der Waals surface area contributed by atoms with E-state index in [1.165, 1.54) is 0 Å². The molecule has 0 aromatic heterocycles. The van der Waals surface area contributed by atoms with Crippen molar-refractivity contribution >= 4 is 17.1 Å². The van der Waals surface area contributed by atoms with Crippen LogP contribution < -0.4 is 10.6 Å². The van der Waals surface area contributed by atoms with Crippen molar-refractivity contribution < 1.29 is 4.92 Å². The van der Waals surface area contributed by atoms with E-state index in [1.807, 2.05) is 6.92 Å². The van der Waals surface area contributed by atoms with E-state index in [0.29, 0.717) is 17.3 Å². The largest absolute Gasteiger partial charge is 0.382 e. The predicted octanol–water partition coefficient (Wildman–Crippen LogP) is 3.09. The van der Waals surface area contributed by atoms with E-state index in [2.05, 4.69) is 24.5 Å². The number of nitro groups is 1. The molecule has 0 aliphatic heterocycles. The fourth-order valence-corrected chi connectivity index (χ4v) is 1.47. The lowest BCUT2D eigenvalue weighted by Crippen LogP contribution is -2.22. The molecule has 0 aliphatic carbocycles. The molecule has 5 heteroatoms. The molecule has 0 saturated heterocycles. The molecule has 0 fully saturated rings. The molecule has 2 N–H and O–H groups in total. The number of para-hydroxylation sites is 1. The molecule has 1 rings (SSSR count). The highest BCUT2D eigenvalue weighted by Gasteiger charge is 2.20. The summed E-state index contributed by atoms with van der Waals surface area (Å²) >= 11 is 0. The van der Waals surface area contributed by atoms with Gasteiger partial charge in [-0.2, -0.15) is 0 Å². The highest BCUT2D eigenvalue weighted by atomic mass is 16.6. The van der Waals surface area contributed by atoms with Gasteiger partial charge in [-0.25, -0.2) is 0 Å². The topological polar surface area (TPSA) is 67.2 Å².